The number of hydrogen-bond donors (Lipinski definition) is 1. The molecule has 1 fully saturated rings. The summed E-state index contributed by atoms with van der Waals surface area (Å²) in [6, 6.07) is 8.17. The van der Waals surface area contributed by atoms with E-state index in [0.29, 0.717) is 18.7 Å². The minimum Gasteiger partial charge on any atom is -0.311 e. The zero-order valence-corrected chi connectivity index (χ0v) is 11.8. The molecule has 1 N–H and O–H groups in total. The highest BCUT2D eigenvalue weighted by molar-refractivity contribution is 7.89. The maximum absolute atomic E-state index is 12.6. The van der Waals surface area contributed by atoms with Gasteiger partial charge < -0.3 is 5.32 Å². The van der Waals surface area contributed by atoms with Crippen molar-refractivity contribution in [3.63, 3.8) is 0 Å². The molecule has 0 spiro atoms. The lowest BCUT2D eigenvalue weighted by atomic mass is 10.2. The third-order valence-electron chi connectivity index (χ3n) is 3.28. The van der Waals surface area contributed by atoms with Crippen LogP contribution >= 0.6 is 0 Å². The molecule has 2 unspecified atom stereocenters. The van der Waals surface area contributed by atoms with Gasteiger partial charge in [-0.25, -0.2) is 8.42 Å². The third-order valence-corrected chi connectivity index (χ3v) is 5.25. The van der Waals surface area contributed by atoms with E-state index >= 15 is 0 Å². The molecule has 1 saturated heterocycles. The monoisotopic (exact) mass is 279 g/mol. The van der Waals surface area contributed by atoms with Crippen molar-refractivity contribution in [3.05, 3.63) is 29.8 Å². The van der Waals surface area contributed by atoms with Crippen LogP contribution in [0.5, 0.6) is 0 Å². The van der Waals surface area contributed by atoms with Crippen molar-refractivity contribution in [1.29, 1.82) is 5.26 Å². The first kappa shape index (κ1) is 14.0. The van der Waals surface area contributed by atoms with Crippen LogP contribution in [0.1, 0.15) is 19.4 Å². The van der Waals surface area contributed by atoms with E-state index in [0.717, 1.165) is 0 Å². The predicted octanol–water partition coefficient (Wildman–Crippen LogP) is 0.929. The first-order chi connectivity index (χ1) is 8.95. The van der Waals surface area contributed by atoms with Crippen LogP contribution < -0.4 is 5.32 Å². The standard InChI is InChI=1S/C13H17N3O2S/c1-10-9-16(11(2)8-15-10)19(17,18)13-5-3-4-12(6-13)7-14/h3-6,10-11,15H,8-9H2,1-2H3. The molecule has 0 saturated carbocycles. The topological polar surface area (TPSA) is 73.2 Å². The number of hydrogen-bond acceptors (Lipinski definition) is 4. The van der Waals surface area contributed by atoms with Gasteiger partial charge in [0.1, 0.15) is 0 Å². The van der Waals surface area contributed by atoms with Crippen molar-refractivity contribution >= 4 is 10.0 Å². The van der Waals surface area contributed by atoms with Crippen LogP contribution in [0.25, 0.3) is 0 Å². The number of nitrogens with one attached hydrogen (secondary N) is 1. The Bertz CT molecular complexity index is 607. The molecule has 0 aliphatic carbocycles. The maximum atomic E-state index is 12.6. The van der Waals surface area contributed by atoms with Crippen molar-refractivity contribution in [3.8, 4) is 6.07 Å². The summed E-state index contributed by atoms with van der Waals surface area (Å²) in [5.74, 6) is 0. The van der Waals surface area contributed by atoms with Crippen molar-refractivity contribution in [2.45, 2.75) is 30.8 Å². The van der Waals surface area contributed by atoms with Gasteiger partial charge in [0.2, 0.25) is 10.0 Å². The summed E-state index contributed by atoms with van der Waals surface area (Å²) in [5.41, 5.74) is 0.358. The van der Waals surface area contributed by atoms with Crippen LogP contribution in [0.3, 0.4) is 0 Å². The van der Waals surface area contributed by atoms with E-state index in [2.05, 4.69) is 5.32 Å². The lowest BCUT2D eigenvalue weighted by molar-refractivity contribution is 0.244. The highest BCUT2D eigenvalue weighted by atomic mass is 32.2. The van der Waals surface area contributed by atoms with Crippen molar-refractivity contribution in [2.24, 2.45) is 0 Å². The number of rotatable bonds is 2. The number of sulfonamides is 1. The van der Waals surface area contributed by atoms with Gasteiger partial charge in [0.05, 0.1) is 16.5 Å². The van der Waals surface area contributed by atoms with Gasteiger partial charge >= 0.3 is 0 Å². The molecular formula is C13H17N3O2S. The van der Waals surface area contributed by atoms with E-state index in [1.807, 2.05) is 19.9 Å². The average molecular weight is 279 g/mol. The van der Waals surface area contributed by atoms with E-state index in [1.54, 1.807) is 12.1 Å². The van der Waals surface area contributed by atoms with Crippen LogP contribution in [0, 0.1) is 11.3 Å². The largest absolute Gasteiger partial charge is 0.311 e. The molecule has 6 heteroatoms. The van der Waals surface area contributed by atoms with Crippen LogP contribution in [-0.2, 0) is 10.0 Å². The Morgan fingerprint density at radius 3 is 2.84 bits per heavy atom. The van der Waals surface area contributed by atoms with E-state index in [9.17, 15) is 8.42 Å². The second-order valence-corrected chi connectivity index (χ2v) is 6.76. The zero-order valence-electron chi connectivity index (χ0n) is 11.0. The zero-order chi connectivity index (χ0) is 14.0. The van der Waals surface area contributed by atoms with Gasteiger partial charge in [0.15, 0.2) is 0 Å². The van der Waals surface area contributed by atoms with Crippen molar-refractivity contribution in [1.82, 2.24) is 9.62 Å². The molecule has 0 radical (unpaired) electrons. The minimum atomic E-state index is -3.53. The molecule has 1 heterocycles. The quantitative estimate of drug-likeness (QED) is 0.874. The Balaban J connectivity index is 2.38. The fourth-order valence-corrected chi connectivity index (χ4v) is 3.95. The lowest BCUT2D eigenvalue weighted by Crippen LogP contribution is -2.56. The molecule has 102 valence electrons. The van der Waals surface area contributed by atoms with E-state index in [4.69, 9.17) is 5.26 Å². The Kier molecular flexibility index (Phi) is 3.90. The molecule has 1 aliphatic rings. The van der Waals surface area contributed by atoms with Gasteiger partial charge in [0.25, 0.3) is 0 Å². The summed E-state index contributed by atoms with van der Waals surface area (Å²) >= 11 is 0. The number of benzene rings is 1. The summed E-state index contributed by atoms with van der Waals surface area (Å²) in [6.45, 7) is 4.92. The Hall–Kier alpha value is -1.42. The van der Waals surface area contributed by atoms with Crippen LogP contribution in [-0.4, -0.2) is 37.9 Å². The first-order valence-electron chi connectivity index (χ1n) is 6.20. The van der Waals surface area contributed by atoms with E-state index in [1.165, 1.54) is 16.4 Å². The minimum absolute atomic E-state index is 0.0908. The van der Waals surface area contributed by atoms with Gasteiger partial charge in [-0.1, -0.05) is 6.07 Å². The first-order valence-corrected chi connectivity index (χ1v) is 7.64. The molecule has 2 rings (SSSR count). The molecule has 5 nitrogen and oxygen atoms in total. The summed E-state index contributed by atoms with van der Waals surface area (Å²) in [5, 5.41) is 12.1. The predicted molar refractivity (Wildman–Crippen MR) is 72.0 cm³/mol. The van der Waals surface area contributed by atoms with Gasteiger partial charge in [-0.2, -0.15) is 9.57 Å². The van der Waals surface area contributed by atoms with Gasteiger partial charge in [-0.15, -0.1) is 0 Å². The van der Waals surface area contributed by atoms with Gasteiger partial charge in [0, 0.05) is 25.2 Å². The number of nitriles is 1. The second-order valence-electron chi connectivity index (χ2n) is 4.87. The van der Waals surface area contributed by atoms with Crippen LogP contribution in [0.15, 0.2) is 29.2 Å². The third kappa shape index (κ3) is 2.78. The molecule has 2 atom stereocenters. The van der Waals surface area contributed by atoms with Gasteiger partial charge in [-0.3, -0.25) is 0 Å². The van der Waals surface area contributed by atoms with Gasteiger partial charge in [-0.05, 0) is 32.0 Å². The Labute approximate surface area is 113 Å². The summed E-state index contributed by atoms with van der Waals surface area (Å²) in [6.07, 6.45) is 0. The summed E-state index contributed by atoms with van der Waals surface area (Å²) in [7, 11) is -3.53. The Morgan fingerprint density at radius 2 is 2.16 bits per heavy atom. The summed E-state index contributed by atoms with van der Waals surface area (Å²) < 4.78 is 26.7. The molecule has 1 aliphatic heterocycles. The van der Waals surface area contributed by atoms with Crippen LogP contribution in [0.4, 0.5) is 0 Å². The lowest BCUT2D eigenvalue weighted by Gasteiger charge is -2.36. The SMILES string of the molecule is CC1CN(S(=O)(=O)c2cccc(C#N)c2)C(C)CN1. The molecule has 0 bridgehead atoms. The second kappa shape index (κ2) is 5.29. The molecule has 1 aromatic carbocycles. The fraction of sp³-hybridized carbons (Fsp3) is 0.462. The van der Waals surface area contributed by atoms with Crippen molar-refractivity contribution < 1.29 is 8.42 Å². The van der Waals surface area contributed by atoms with Crippen LogP contribution in [0.2, 0.25) is 0 Å². The van der Waals surface area contributed by atoms with E-state index < -0.39 is 10.0 Å². The average Bonchev–Trinajstić information content (AvgIpc) is 2.41. The number of nitrogens with zero attached hydrogens (tertiary/aromatic N) is 2. The molecular weight excluding hydrogens is 262 g/mol. The molecule has 0 amide bonds. The van der Waals surface area contributed by atoms with Crippen molar-refractivity contribution in [2.75, 3.05) is 13.1 Å². The highest BCUT2D eigenvalue weighted by Crippen LogP contribution is 2.21. The Morgan fingerprint density at radius 1 is 1.42 bits per heavy atom. The fourth-order valence-electron chi connectivity index (χ4n) is 2.18. The normalized spacial score (nSPS) is 24.9. The smallest absolute Gasteiger partial charge is 0.243 e. The maximum Gasteiger partial charge on any atom is 0.243 e. The highest BCUT2D eigenvalue weighted by Gasteiger charge is 2.33. The molecule has 0 aromatic heterocycles. The molecule has 1 aromatic rings. The summed E-state index contributed by atoms with van der Waals surface area (Å²) in [4.78, 5) is 0.188. The number of piperazine rings is 1. The molecule has 19 heavy (non-hydrogen) atoms. The van der Waals surface area contributed by atoms with E-state index in [-0.39, 0.29) is 17.0 Å².